The lowest BCUT2D eigenvalue weighted by Crippen LogP contribution is -2.41. The van der Waals surface area contributed by atoms with Crippen LogP contribution in [0.2, 0.25) is 5.02 Å². The van der Waals surface area contributed by atoms with Gasteiger partial charge in [-0.3, -0.25) is 4.84 Å². The van der Waals surface area contributed by atoms with Crippen LogP contribution in [0.25, 0.3) is 6.08 Å². The molecule has 138 valence electrons. The fourth-order valence-corrected chi connectivity index (χ4v) is 3.81. The van der Waals surface area contributed by atoms with E-state index in [1.807, 2.05) is 55.0 Å². The monoisotopic (exact) mass is 379 g/mol. The fraction of sp³-hybridized carbons (Fsp3) is 0.227. The van der Waals surface area contributed by atoms with E-state index in [1.165, 1.54) is 11.1 Å². The molecule has 2 atom stereocenters. The van der Waals surface area contributed by atoms with Crippen molar-refractivity contribution in [2.24, 2.45) is 0 Å². The lowest BCUT2D eigenvalue weighted by Gasteiger charge is -2.34. The Morgan fingerprint density at radius 1 is 1.19 bits per heavy atom. The quantitative estimate of drug-likeness (QED) is 0.639. The van der Waals surface area contributed by atoms with Gasteiger partial charge >= 0.3 is 0 Å². The van der Waals surface area contributed by atoms with Crippen molar-refractivity contribution in [2.45, 2.75) is 24.6 Å². The van der Waals surface area contributed by atoms with Crippen molar-refractivity contribution in [2.75, 3.05) is 7.05 Å². The molecular weight excluding hydrogens is 358 g/mol. The van der Waals surface area contributed by atoms with Gasteiger partial charge in [0.1, 0.15) is 0 Å². The van der Waals surface area contributed by atoms with E-state index >= 15 is 0 Å². The zero-order valence-electron chi connectivity index (χ0n) is 15.2. The van der Waals surface area contributed by atoms with Crippen molar-refractivity contribution >= 4 is 17.7 Å². The minimum Gasteiger partial charge on any atom is -0.335 e. The third kappa shape index (κ3) is 3.83. The molecule has 2 heterocycles. The average Bonchev–Trinajstić information content (AvgIpc) is 3.30. The molecule has 1 saturated heterocycles. The maximum atomic E-state index is 6.21. The van der Waals surface area contributed by atoms with Crippen molar-refractivity contribution in [3.05, 3.63) is 95.5 Å². The first-order valence-electron chi connectivity index (χ1n) is 9.01. The minimum atomic E-state index is -0.295. The van der Waals surface area contributed by atoms with Gasteiger partial charge in [-0.25, -0.2) is 4.98 Å². The van der Waals surface area contributed by atoms with E-state index in [-0.39, 0.29) is 11.6 Å². The number of aromatic nitrogens is 2. The standard InChI is InChI=1S/C22H22ClN3O/c1-25-22(16-26-14-13-24-17-26,19-8-10-20(23)11-9-19)15-21(27-25)12-7-18-5-3-2-4-6-18/h2-14,17,21H,15-16H2,1H3/b12-7+. The first kappa shape index (κ1) is 18.0. The van der Waals surface area contributed by atoms with Crippen molar-refractivity contribution in [1.82, 2.24) is 14.6 Å². The molecule has 2 unspecified atom stereocenters. The summed E-state index contributed by atoms with van der Waals surface area (Å²) >= 11 is 6.12. The molecule has 0 N–H and O–H groups in total. The molecule has 0 radical (unpaired) electrons. The van der Waals surface area contributed by atoms with E-state index in [9.17, 15) is 0 Å². The lowest BCUT2D eigenvalue weighted by atomic mass is 9.85. The summed E-state index contributed by atoms with van der Waals surface area (Å²) in [7, 11) is 2.00. The first-order valence-corrected chi connectivity index (χ1v) is 9.39. The van der Waals surface area contributed by atoms with Crippen LogP contribution in [0.1, 0.15) is 17.5 Å². The van der Waals surface area contributed by atoms with Crippen LogP contribution >= 0.6 is 11.6 Å². The number of hydrogen-bond donors (Lipinski definition) is 0. The van der Waals surface area contributed by atoms with Gasteiger partial charge in [-0.2, -0.15) is 5.06 Å². The Balaban J connectivity index is 1.64. The van der Waals surface area contributed by atoms with E-state index in [4.69, 9.17) is 16.4 Å². The van der Waals surface area contributed by atoms with Crippen molar-refractivity contribution < 1.29 is 4.84 Å². The van der Waals surface area contributed by atoms with E-state index in [1.54, 1.807) is 6.20 Å². The Morgan fingerprint density at radius 2 is 1.96 bits per heavy atom. The van der Waals surface area contributed by atoms with Crippen LogP contribution in [0.3, 0.4) is 0 Å². The van der Waals surface area contributed by atoms with Gasteiger partial charge in [-0.15, -0.1) is 0 Å². The van der Waals surface area contributed by atoms with Gasteiger partial charge in [0.2, 0.25) is 0 Å². The van der Waals surface area contributed by atoms with Crippen LogP contribution in [0, 0.1) is 0 Å². The van der Waals surface area contributed by atoms with Gasteiger partial charge in [0.05, 0.1) is 18.0 Å². The highest BCUT2D eigenvalue weighted by Crippen LogP contribution is 2.41. The topological polar surface area (TPSA) is 30.3 Å². The van der Waals surface area contributed by atoms with Crippen molar-refractivity contribution in [3.8, 4) is 0 Å². The van der Waals surface area contributed by atoms with E-state index in [2.05, 4.69) is 46.0 Å². The number of hydrogen-bond acceptors (Lipinski definition) is 3. The smallest absolute Gasteiger partial charge is 0.1000 e. The second-order valence-electron chi connectivity index (χ2n) is 6.89. The van der Waals surface area contributed by atoms with Gasteiger partial charge in [-0.05, 0) is 23.3 Å². The number of nitrogens with zero attached hydrogens (tertiary/aromatic N) is 3. The maximum Gasteiger partial charge on any atom is 0.1000 e. The Labute approximate surface area is 164 Å². The Morgan fingerprint density at radius 3 is 2.67 bits per heavy atom. The highest BCUT2D eigenvalue weighted by Gasteiger charge is 2.46. The Bertz CT molecular complexity index is 893. The van der Waals surface area contributed by atoms with E-state index in [0.717, 1.165) is 18.0 Å². The molecule has 0 bridgehead atoms. The molecule has 3 aromatic rings. The predicted molar refractivity (Wildman–Crippen MR) is 108 cm³/mol. The lowest BCUT2D eigenvalue weighted by molar-refractivity contribution is -0.165. The maximum absolute atomic E-state index is 6.21. The summed E-state index contributed by atoms with van der Waals surface area (Å²) in [5.41, 5.74) is 2.05. The summed E-state index contributed by atoms with van der Waals surface area (Å²) in [5, 5.41) is 2.72. The molecule has 4 nitrogen and oxygen atoms in total. The molecule has 4 rings (SSSR count). The molecule has 2 aromatic carbocycles. The summed E-state index contributed by atoms with van der Waals surface area (Å²) in [6, 6.07) is 18.3. The van der Waals surface area contributed by atoms with Crippen LogP contribution < -0.4 is 0 Å². The predicted octanol–water partition coefficient (Wildman–Crippen LogP) is 4.78. The molecule has 1 aliphatic heterocycles. The molecule has 27 heavy (non-hydrogen) atoms. The molecule has 0 saturated carbocycles. The third-order valence-corrected chi connectivity index (χ3v) is 5.37. The van der Waals surface area contributed by atoms with Crippen molar-refractivity contribution in [1.29, 1.82) is 0 Å². The highest BCUT2D eigenvalue weighted by atomic mass is 35.5. The number of benzene rings is 2. The largest absolute Gasteiger partial charge is 0.335 e. The van der Waals surface area contributed by atoms with Gasteiger partial charge in [0.15, 0.2) is 0 Å². The van der Waals surface area contributed by atoms with Gasteiger partial charge < -0.3 is 4.57 Å². The SMILES string of the molecule is CN1OC(/C=C/c2ccccc2)CC1(Cn1ccnc1)c1ccc(Cl)cc1. The normalized spacial score (nSPS) is 23.3. The first-order chi connectivity index (χ1) is 13.2. The summed E-state index contributed by atoms with van der Waals surface area (Å²) in [6.07, 6.45) is 10.7. The van der Waals surface area contributed by atoms with Crippen LogP contribution in [-0.4, -0.2) is 27.8 Å². The summed E-state index contributed by atoms with van der Waals surface area (Å²) in [5.74, 6) is 0. The second-order valence-corrected chi connectivity index (χ2v) is 7.33. The summed E-state index contributed by atoms with van der Waals surface area (Å²) < 4.78 is 2.09. The van der Waals surface area contributed by atoms with Gasteiger partial charge in [0.25, 0.3) is 0 Å². The molecule has 0 amide bonds. The molecule has 1 aliphatic rings. The molecule has 0 spiro atoms. The van der Waals surface area contributed by atoms with Crippen LogP contribution in [-0.2, 0) is 16.9 Å². The van der Waals surface area contributed by atoms with Crippen LogP contribution in [0.4, 0.5) is 0 Å². The number of hydroxylamine groups is 2. The summed E-state index contributed by atoms with van der Waals surface area (Å²) in [6.45, 7) is 0.751. The zero-order valence-corrected chi connectivity index (χ0v) is 16.0. The number of imidazole rings is 1. The third-order valence-electron chi connectivity index (χ3n) is 5.12. The van der Waals surface area contributed by atoms with Crippen LogP contribution in [0.5, 0.6) is 0 Å². The average molecular weight is 380 g/mol. The molecule has 5 heteroatoms. The molecule has 0 aliphatic carbocycles. The molecule has 1 fully saturated rings. The fourth-order valence-electron chi connectivity index (χ4n) is 3.69. The van der Waals surface area contributed by atoms with E-state index in [0.29, 0.717) is 0 Å². The Kier molecular flexibility index (Phi) is 5.12. The van der Waals surface area contributed by atoms with E-state index < -0.39 is 0 Å². The number of likely N-dealkylation sites (N-methyl/N-ethyl adjacent to an activating group) is 1. The van der Waals surface area contributed by atoms with Crippen molar-refractivity contribution in [3.63, 3.8) is 0 Å². The van der Waals surface area contributed by atoms with Crippen LogP contribution in [0.15, 0.2) is 79.4 Å². The van der Waals surface area contributed by atoms with Gasteiger partial charge in [0, 0.05) is 37.4 Å². The second kappa shape index (κ2) is 7.69. The highest BCUT2D eigenvalue weighted by molar-refractivity contribution is 6.30. The summed E-state index contributed by atoms with van der Waals surface area (Å²) in [4.78, 5) is 10.4. The minimum absolute atomic E-state index is 0.00518. The Hall–Kier alpha value is -2.40. The number of halogens is 1. The van der Waals surface area contributed by atoms with Gasteiger partial charge in [-0.1, -0.05) is 66.2 Å². The number of rotatable bonds is 5. The zero-order chi connectivity index (χ0) is 18.7. The molecule has 1 aromatic heterocycles. The molecular formula is C22H22ClN3O.